The second kappa shape index (κ2) is 7.82. The molecule has 1 aromatic rings. The molecule has 8 heteroatoms. The SMILES string of the molecule is CCN(CC)c1nc(N)c(C(=O)NCC(=O)NC(C)C)s1. The molecule has 0 aromatic carbocycles. The second-order valence-electron chi connectivity index (χ2n) is 4.79. The lowest BCUT2D eigenvalue weighted by Crippen LogP contribution is -2.39. The highest BCUT2D eigenvalue weighted by molar-refractivity contribution is 7.18. The molecule has 0 saturated carbocycles. The van der Waals surface area contributed by atoms with Crippen molar-refractivity contribution in [2.24, 2.45) is 0 Å². The number of hydrogen-bond donors (Lipinski definition) is 3. The third-order valence-electron chi connectivity index (χ3n) is 2.74. The summed E-state index contributed by atoms with van der Waals surface area (Å²) in [4.78, 5) is 30.1. The zero-order valence-electron chi connectivity index (χ0n) is 12.9. The molecule has 0 saturated heterocycles. The minimum Gasteiger partial charge on any atom is -0.382 e. The molecule has 0 bridgehead atoms. The van der Waals surface area contributed by atoms with Crippen molar-refractivity contribution in [1.82, 2.24) is 15.6 Å². The van der Waals surface area contributed by atoms with Crippen LogP contribution in [0.3, 0.4) is 0 Å². The summed E-state index contributed by atoms with van der Waals surface area (Å²) in [7, 11) is 0. The fourth-order valence-electron chi connectivity index (χ4n) is 1.73. The van der Waals surface area contributed by atoms with Gasteiger partial charge in [0.1, 0.15) is 10.7 Å². The lowest BCUT2D eigenvalue weighted by atomic mass is 10.4. The maximum atomic E-state index is 12.0. The standard InChI is InChI=1S/C13H23N5O2S/c1-5-18(6-2)13-17-11(14)10(21-13)12(20)15-7-9(19)16-8(3)4/h8H,5-7,14H2,1-4H3,(H,15,20)(H,16,19). The van der Waals surface area contributed by atoms with E-state index >= 15 is 0 Å². The van der Waals surface area contributed by atoms with Gasteiger partial charge < -0.3 is 21.3 Å². The molecule has 1 rings (SSSR count). The van der Waals surface area contributed by atoms with Crippen molar-refractivity contribution in [2.75, 3.05) is 30.3 Å². The third-order valence-corrected chi connectivity index (χ3v) is 3.87. The molecule has 0 fully saturated rings. The number of carbonyl (C=O) groups is 2. The first-order valence-corrected chi connectivity index (χ1v) is 7.79. The molecule has 0 aliphatic carbocycles. The van der Waals surface area contributed by atoms with Gasteiger partial charge in [0.05, 0.1) is 6.54 Å². The van der Waals surface area contributed by atoms with Gasteiger partial charge in [0, 0.05) is 19.1 Å². The molecule has 1 heterocycles. The van der Waals surface area contributed by atoms with Gasteiger partial charge >= 0.3 is 0 Å². The Balaban J connectivity index is 2.68. The highest BCUT2D eigenvalue weighted by Gasteiger charge is 2.19. The van der Waals surface area contributed by atoms with Crippen LogP contribution in [0.4, 0.5) is 10.9 Å². The predicted molar refractivity (Wildman–Crippen MR) is 85.7 cm³/mol. The molecule has 2 amide bonds. The molecule has 0 radical (unpaired) electrons. The van der Waals surface area contributed by atoms with Gasteiger partial charge in [-0.25, -0.2) is 4.98 Å². The van der Waals surface area contributed by atoms with Crippen LogP contribution in [-0.4, -0.2) is 42.5 Å². The predicted octanol–water partition coefficient (Wildman–Crippen LogP) is 0.826. The Morgan fingerprint density at radius 3 is 2.48 bits per heavy atom. The van der Waals surface area contributed by atoms with Crippen LogP contribution in [0.25, 0.3) is 0 Å². The van der Waals surface area contributed by atoms with Gasteiger partial charge in [0.25, 0.3) is 5.91 Å². The lowest BCUT2D eigenvalue weighted by molar-refractivity contribution is -0.120. The topological polar surface area (TPSA) is 100 Å². The fraction of sp³-hybridized carbons (Fsp3) is 0.615. The van der Waals surface area contributed by atoms with Crippen molar-refractivity contribution >= 4 is 34.1 Å². The second-order valence-corrected chi connectivity index (χ2v) is 5.77. The van der Waals surface area contributed by atoms with Gasteiger partial charge in [-0.3, -0.25) is 9.59 Å². The number of rotatable bonds is 7. The third kappa shape index (κ3) is 4.89. The first kappa shape index (κ1) is 17.2. The monoisotopic (exact) mass is 313 g/mol. The van der Waals surface area contributed by atoms with Crippen LogP contribution >= 0.6 is 11.3 Å². The maximum absolute atomic E-state index is 12.0. The first-order chi connectivity index (χ1) is 9.88. The molecule has 4 N–H and O–H groups in total. The number of nitrogens with one attached hydrogen (secondary N) is 2. The van der Waals surface area contributed by atoms with Crippen molar-refractivity contribution in [3.05, 3.63) is 4.88 Å². The molecule has 0 aliphatic heterocycles. The van der Waals surface area contributed by atoms with Crippen LogP contribution in [0.1, 0.15) is 37.4 Å². The molecular formula is C13H23N5O2S. The molecule has 1 aromatic heterocycles. The van der Waals surface area contributed by atoms with Crippen LogP contribution in [-0.2, 0) is 4.79 Å². The molecule has 0 aliphatic rings. The zero-order valence-corrected chi connectivity index (χ0v) is 13.7. The Morgan fingerprint density at radius 1 is 1.33 bits per heavy atom. The Bertz CT molecular complexity index is 497. The van der Waals surface area contributed by atoms with Gasteiger partial charge in [-0.2, -0.15) is 0 Å². The summed E-state index contributed by atoms with van der Waals surface area (Å²) >= 11 is 1.24. The van der Waals surface area contributed by atoms with Gasteiger partial charge in [-0.1, -0.05) is 11.3 Å². The van der Waals surface area contributed by atoms with E-state index in [0.717, 1.165) is 13.1 Å². The van der Waals surface area contributed by atoms with Crippen LogP contribution in [0, 0.1) is 0 Å². The van der Waals surface area contributed by atoms with E-state index in [1.54, 1.807) is 0 Å². The number of amides is 2. The molecule has 0 unspecified atom stereocenters. The number of aromatic nitrogens is 1. The Morgan fingerprint density at radius 2 is 1.95 bits per heavy atom. The fourth-order valence-corrected chi connectivity index (χ4v) is 2.76. The van der Waals surface area contributed by atoms with Crippen LogP contribution in [0.5, 0.6) is 0 Å². The Labute approximate surface area is 128 Å². The van der Waals surface area contributed by atoms with Gasteiger partial charge in [0.2, 0.25) is 5.91 Å². The van der Waals surface area contributed by atoms with Crippen molar-refractivity contribution < 1.29 is 9.59 Å². The van der Waals surface area contributed by atoms with Crippen molar-refractivity contribution in [2.45, 2.75) is 33.7 Å². The van der Waals surface area contributed by atoms with E-state index in [-0.39, 0.29) is 30.2 Å². The van der Waals surface area contributed by atoms with Crippen LogP contribution < -0.4 is 21.3 Å². The van der Waals surface area contributed by atoms with Crippen LogP contribution in [0.2, 0.25) is 0 Å². The van der Waals surface area contributed by atoms with Gasteiger partial charge in [0.15, 0.2) is 5.13 Å². The molecule has 0 spiro atoms. The normalized spacial score (nSPS) is 10.5. The molecule has 21 heavy (non-hydrogen) atoms. The number of hydrogen-bond acceptors (Lipinski definition) is 6. The largest absolute Gasteiger partial charge is 0.382 e. The highest BCUT2D eigenvalue weighted by Crippen LogP contribution is 2.27. The minimum atomic E-state index is -0.373. The quantitative estimate of drug-likeness (QED) is 0.692. The average Bonchev–Trinajstić information content (AvgIpc) is 2.79. The van der Waals surface area contributed by atoms with Crippen molar-refractivity contribution in [1.29, 1.82) is 0 Å². The lowest BCUT2D eigenvalue weighted by Gasteiger charge is -2.16. The molecular weight excluding hydrogens is 290 g/mol. The summed E-state index contributed by atoms with van der Waals surface area (Å²) in [5.74, 6) is -0.406. The van der Waals surface area contributed by atoms with E-state index in [9.17, 15) is 9.59 Å². The summed E-state index contributed by atoms with van der Waals surface area (Å²) in [5, 5.41) is 5.97. The number of nitrogen functional groups attached to an aromatic ring is 1. The Kier molecular flexibility index (Phi) is 6.41. The average molecular weight is 313 g/mol. The van der Waals surface area contributed by atoms with Gasteiger partial charge in [-0.05, 0) is 27.7 Å². The molecule has 7 nitrogen and oxygen atoms in total. The highest BCUT2D eigenvalue weighted by atomic mass is 32.1. The van der Waals surface area contributed by atoms with Crippen molar-refractivity contribution in [3.63, 3.8) is 0 Å². The summed E-state index contributed by atoms with van der Waals surface area (Å²) < 4.78 is 0. The summed E-state index contributed by atoms with van der Waals surface area (Å²) in [6, 6.07) is 0.0390. The maximum Gasteiger partial charge on any atom is 0.265 e. The van der Waals surface area contributed by atoms with E-state index in [1.165, 1.54) is 11.3 Å². The summed E-state index contributed by atoms with van der Waals surface area (Å²) in [6.07, 6.45) is 0. The van der Waals surface area contributed by atoms with E-state index < -0.39 is 0 Å². The Hall–Kier alpha value is -1.83. The molecule has 118 valence electrons. The minimum absolute atomic E-state index is 0.0390. The zero-order chi connectivity index (χ0) is 16.0. The number of nitrogens with two attached hydrogens (primary N) is 1. The first-order valence-electron chi connectivity index (χ1n) is 6.97. The van der Waals surface area contributed by atoms with Crippen molar-refractivity contribution in [3.8, 4) is 0 Å². The molecule has 0 atom stereocenters. The smallest absolute Gasteiger partial charge is 0.265 e. The van der Waals surface area contributed by atoms with E-state index in [0.29, 0.717) is 10.0 Å². The van der Waals surface area contributed by atoms with E-state index in [4.69, 9.17) is 5.73 Å². The van der Waals surface area contributed by atoms with E-state index in [1.807, 2.05) is 32.6 Å². The van der Waals surface area contributed by atoms with Gasteiger partial charge in [-0.15, -0.1) is 0 Å². The van der Waals surface area contributed by atoms with Crippen LogP contribution in [0.15, 0.2) is 0 Å². The number of thiazole rings is 1. The number of anilines is 2. The summed E-state index contributed by atoms with van der Waals surface area (Å²) in [5.41, 5.74) is 5.79. The summed E-state index contributed by atoms with van der Waals surface area (Å²) in [6.45, 7) is 9.25. The number of nitrogens with zero attached hydrogens (tertiary/aromatic N) is 2. The van der Waals surface area contributed by atoms with E-state index in [2.05, 4.69) is 15.6 Å². The number of carbonyl (C=O) groups excluding carboxylic acids is 2.